The van der Waals surface area contributed by atoms with Crippen LogP contribution in [0.5, 0.6) is 5.75 Å². The molecule has 0 saturated carbocycles. The molecule has 1 aliphatic heterocycles. The molecule has 194 valence electrons. The second-order valence-corrected chi connectivity index (χ2v) is 8.14. The number of ether oxygens (including phenoxy) is 1. The molecule has 12 heteroatoms. The minimum absolute atomic E-state index is 0.0355. The van der Waals surface area contributed by atoms with E-state index < -0.39 is 57.6 Å². The number of halogens is 6. The van der Waals surface area contributed by atoms with Gasteiger partial charge in [-0.1, -0.05) is 12.1 Å². The van der Waals surface area contributed by atoms with Gasteiger partial charge in [0.1, 0.15) is 23.2 Å². The zero-order valence-electron chi connectivity index (χ0n) is 19.3. The van der Waals surface area contributed by atoms with E-state index in [1.165, 1.54) is 20.1 Å². The fraction of sp³-hybridized carbons (Fsp3) is 0.160. The highest BCUT2D eigenvalue weighted by Gasteiger charge is 2.38. The summed E-state index contributed by atoms with van der Waals surface area (Å²) < 4.78 is 88.0. The van der Waals surface area contributed by atoms with Crippen molar-refractivity contribution in [1.29, 1.82) is 0 Å². The molecule has 3 aromatic rings. The molecule has 0 saturated heterocycles. The van der Waals surface area contributed by atoms with Crippen molar-refractivity contribution in [2.75, 3.05) is 12.4 Å². The summed E-state index contributed by atoms with van der Waals surface area (Å²) in [5.74, 6) is -4.04. The van der Waals surface area contributed by atoms with E-state index in [9.17, 15) is 32.0 Å². The first-order chi connectivity index (χ1) is 17.4. The van der Waals surface area contributed by atoms with Crippen LogP contribution in [0.15, 0.2) is 66.0 Å². The van der Waals surface area contributed by atoms with E-state index in [-0.39, 0.29) is 28.3 Å². The minimum atomic E-state index is -4.65. The van der Waals surface area contributed by atoms with Gasteiger partial charge in [0.15, 0.2) is 6.17 Å². The van der Waals surface area contributed by atoms with Crippen molar-refractivity contribution < 1.29 is 40.9 Å². The van der Waals surface area contributed by atoms with Crippen LogP contribution >= 0.6 is 0 Å². The second kappa shape index (κ2) is 9.79. The van der Waals surface area contributed by atoms with Gasteiger partial charge in [-0.15, -0.1) is 0 Å². The summed E-state index contributed by atoms with van der Waals surface area (Å²) in [6.07, 6.45) is -6.09. The Kier molecular flexibility index (Phi) is 6.89. The van der Waals surface area contributed by atoms with Crippen molar-refractivity contribution in [3.63, 3.8) is 0 Å². The number of hydroxylamine groups is 2. The van der Waals surface area contributed by atoms with Crippen LogP contribution in [0.25, 0.3) is 11.1 Å². The number of carbonyl (C=O) groups is 1. The third-order valence-electron chi connectivity index (χ3n) is 5.78. The van der Waals surface area contributed by atoms with Crippen LogP contribution in [-0.4, -0.2) is 13.0 Å². The highest BCUT2D eigenvalue weighted by molar-refractivity contribution is 6.02. The average Bonchev–Trinajstić information content (AvgIpc) is 3.12. The van der Waals surface area contributed by atoms with Gasteiger partial charge in [0.2, 0.25) is 5.70 Å². The van der Waals surface area contributed by atoms with E-state index >= 15 is 4.39 Å². The lowest BCUT2D eigenvalue weighted by molar-refractivity contribution is -0.833. The van der Waals surface area contributed by atoms with Gasteiger partial charge in [-0.3, -0.25) is 4.79 Å². The maximum absolute atomic E-state index is 15.0. The third-order valence-corrected chi connectivity index (χ3v) is 5.78. The Labute approximate surface area is 206 Å². The van der Waals surface area contributed by atoms with E-state index in [0.29, 0.717) is 6.07 Å². The molecule has 2 unspecified atom stereocenters. The molecule has 1 heterocycles. The number of carbonyl (C=O) groups excluding carboxylic acids is 1. The molecule has 3 aromatic carbocycles. The highest BCUT2D eigenvalue weighted by atomic mass is 19.4. The third kappa shape index (κ3) is 4.98. The summed E-state index contributed by atoms with van der Waals surface area (Å²) >= 11 is 0. The summed E-state index contributed by atoms with van der Waals surface area (Å²) in [6.45, 7) is 1.36. The number of quaternary nitrogens is 1. The first-order valence-electron chi connectivity index (χ1n) is 10.7. The Morgan fingerprint density at radius 2 is 1.68 bits per heavy atom. The maximum atomic E-state index is 15.0. The monoisotopic (exact) mass is 523 g/mol. The molecule has 0 fully saturated rings. The number of anilines is 1. The Bertz CT molecular complexity index is 1390. The largest absolute Gasteiger partial charge is 0.627 e. The normalized spacial score (nSPS) is 17.5. The van der Waals surface area contributed by atoms with Gasteiger partial charge in [0.25, 0.3) is 0 Å². The quantitative estimate of drug-likeness (QED) is 0.336. The Morgan fingerprint density at radius 1 is 1.03 bits per heavy atom. The van der Waals surface area contributed by atoms with Crippen LogP contribution < -0.4 is 20.4 Å². The maximum Gasteiger partial charge on any atom is 0.416 e. The lowest BCUT2D eigenvalue weighted by atomic mass is 9.99. The number of alkyl halides is 3. The Morgan fingerprint density at radius 3 is 2.30 bits per heavy atom. The summed E-state index contributed by atoms with van der Waals surface area (Å²) in [5, 5.41) is 17.2. The molecule has 0 aliphatic carbocycles. The number of methoxy groups -OCH3 is 1. The fourth-order valence-corrected chi connectivity index (χ4v) is 4.06. The Hall–Kier alpha value is -4.03. The lowest BCUT2D eigenvalue weighted by Crippen LogP contribution is -3.06. The van der Waals surface area contributed by atoms with Crippen molar-refractivity contribution in [2.45, 2.75) is 19.3 Å². The number of hydrogen-bond donors (Lipinski definition) is 3. The van der Waals surface area contributed by atoms with Crippen LogP contribution in [0.3, 0.4) is 0 Å². The molecule has 0 radical (unpaired) electrons. The van der Waals surface area contributed by atoms with Crippen molar-refractivity contribution in [1.82, 2.24) is 5.32 Å². The first-order valence-corrected chi connectivity index (χ1v) is 10.7. The topological polar surface area (TPSA) is 77.9 Å². The molecular formula is C25H19F6N3O3. The van der Waals surface area contributed by atoms with Crippen LogP contribution in [0, 0.1) is 22.7 Å². The van der Waals surface area contributed by atoms with Crippen molar-refractivity contribution in [2.24, 2.45) is 0 Å². The van der Waals surface area contributed by atoms with Gasteiger partial charge in [0.05, 0.1) is 29.5 Å². The SMILES string of the molecule is COc1cc(F)c(C2NC(C)=C(C(=O)Nc3cccc(C(F)(F)F)c3)[NH+]2[O-])cc1-c1c(F)cccc1F. The number of rotatable bonds is 5. The predicted octanol–water partition coefficient (Wildman–Crippen LogP) is 4.65. The molecule has 0 spiro atoms. The molecule has 1 amide bonds. The van der Waals surface area contributed by atoms with Crippen molar-refractivity contribution in [3.05, 3.63) is 99.8 Å². The van der Waals surface area contributed by atoms with E-state index in [4.69, 9.17) is 4.74 Å². The molecule has 1 aliphatic rings. The van der Waals surface area contributed by atoms with E-state index in [1.54, 1.807) is 0 Å². The molecule has 37 heavy (non-hydrogen) atoms. The number of allylic oxidation sites excluding steroid dienone is 1. The molecule has 3 N–H and O–H groups in total. The lowest BCUT2D eigenvalue weighted by Gasteiger charge is -2.27. The van der Waals surface area contributed by atoms with Gasteiger partial charge in [-0.2, -0.15) is 13.2 Å². The van der Waals surface area contributed by atoms with E-state index in [2.05, 4.69) is 10.6 Å². The van der Waals surface area contributed by atoms with Crippen LogP contribution in [0.1, 0.15) is 24.2 Å². The molecular weight excluding hydrogens is 504 g/mol. The second-order valence-electron chi connectivity index (χ2n) is 8.14. The number of benzene rings is 3. The van der Waals surface area contributed by atoms with Gasteiger partial charge in [0, 0.05) is 17.3 Å². The van der Waals surface area contributed by atoms with Crippen LogP contribution in [-0.2, 0) is 11.0 Å². The van der Waals surface area contributed by atoms with Crippen molar-refractivity contribution >= 4 is 11.6 Å². The first kappa shape index (κ1) is 26.0. The summed E-state index contributed by atoms with van der Waals surface area (Å²) in [7, 11) is 1.18. The zero-order chi connectivity index (χ0) is 27.1. The average molecular weight is 523 g/mol. The predicted molar refractivity (Wildman–Crippen MR) is 121 cm³/mol. The van der Waals surface area contributed by atoms with Crippen LogP contribution in [0.4, 0.5) is 32.0 Å². The highest BCUT2D eigenvalue weighted by Crippen LogP contribution is 2.37. The number of amides is 1. The molecule has 2 atom stereocenters. The number of nitrogens with one attached hydrogen (secondary N) is 3. The van der Waals surface area contributed by atoms with E-state index in [1.807, 2.05) is 0 Å². The van der Waals surface area contributed by atoms with Crippen molar-refractivity contribution in [3.8, 4) is 16.9 Å². The van der Waals surface area contributed by atoms with E-state index in [0.717, 1.165) is 42.5 Å². The fourth-order valence-electron chi connectivity index (χ4n) is 4.06. The number of hydrogen-bond acceptors (Lipinski definition) is 4. The summed E-state index contributed by atoms with van der Waals surface area (Å²) in [5.41, 5.74) is -2.58. The smallest absolute Gasteiger partial charge is 0.416 e. The molecule has 0 bridgehead atoms. The summed E-state index contributed by atoms with van der Waals surface area (Å²) in [4.78, 5) is 12.8. The molecule has 0 aromatic heterocycles. The molecule has 4 rings (SSSR count). The van der Waals surface area contributed by atoms with Gasteiger partial charge in [-0.25, -0.2) is 13.2 Å². The zero-order valence-corrected chi connectivity index (χ0v) is 19.3. The minimum Gasteiger partial charge on any atom is -0.627 e. The molecule has 6 nitrogen and oxygen atoms in total. The summed E-state index contributed by atoms with van der Waals surface area (Å²) in [6, 6.07) is 8.89. The van der Waals surface area contributed by atoms with Crippen LogP contribution in [0.2, 0.25) is 0 Å². The van der Waals surface area contributed by atoms with Gasteiger partial charge >= 0.3 is 12.1 Å². The van der Waals surface area contributed by atoms with Gasteiger partial charge < -0.3 is 25.6 Å². The Balaban J connectivity index is 1.67. The standard InChI is InChI=1S/C25H19F6N3O3/c1-12-22(24(35)33-14-6-3-5-13(9-14)25(29,30)31)34(36)23(32-12)15-10-16(20(37-2)11-19(15)28)21-17(26)7-4-8-18(21)27/h3-11,23,32,34H,1-2H3,(H,33,35). The van der Waals surface area contributed by atoms with Gasteiger partial charge in [-0.05, 0) is 43.3 Å².